The Bertz CT molecular complexity index is 860. The van der Waals surface area contributed by atoms with Crippen molar-refractivity contribution in [3.8, 4) is 0 Å². The van der Waals surface area contributed by atoms with Crippen LogP contribution in [0.15, 0.2) is 60.7 Å². The van der Waals surface area contributed by atoms with Crippen LogP contribution < -0.4 is 5.32 Å². The second kappa shape index (κ2) is 11.4. The van der Waals surface area contributed by atoms with Crippen molar-refractivity contribution >= 4 is 45.6 Å². The van der Waals surface area contributed by atoms with Crippen LogP contribution in [0.25, 0.3) is 0 Å². The fourth-order valence-electron chi connectivity index (χ4n) is 2.19. The number of aliphatic hydroxyl groups is 1. The van der Waals surface area contributed by atoms with Crippen molar-refractivity contribution in [1.29, 1.82) is 0 Å². The number of aliphatic hydroxyl groups excluding tert-OH is 1. The molecule has 0 radical (unpaired) electrons. The predicted octanol–water partition coefficient (Wildman–Crippen LogP) is 2.06. The monoisotopic (exact) mass is 433 g/mol. The first-order chi connectivity index (χ1) is 13.9. The van der Waals surface area contributed by atoms with Crippen molar-refractivity contribution in [2.75, 3.05) is 12.4 Å². The van der Waals surface area contributed by atoms with Gasteiger partial charge >= 0.3 is 5.97 Å². The van der Waals surface area contributed by atoms with E-state index in [1.54, 1.807) is 60.7 Å². The second-order valence-corrected chi connectivity index (χ2v) is 7.97. The number of carboxylic acids is 1. The minimum atomic E-state index is -1.49. The Morgan fingerprint density at radius 2 is 1.38 bits per heavy atom. The molecule has 0 spiro atoms. The number of benzene rings is 2. The number of carboxylic acid groups (broad SMARTS) is 1. The molecule has 1 amide bonds. The molecule has 2 atom stereocenters. The molecule has 0 saturated heterocycles. The van der Waals surface area contributed by atoms with Crippen molar-refractivity contribution in [1.82, 2.24) is 5.32 Å². The summed E-state index contributed by atoms with van der Waals surface area (Å²) in [6.45, 7) is -0.790. The first-order valence-electron chi connectivity index (χ1n) is 8.54. The summed E-state index contributed by atoms with van der Waals surface area (Å²) >= 11 is 1.57. The number of rotatable bonds is 9. The summed E-state index contributed by atoms with van der Waals surface area (Å²) in [4.78, 5) is 48.4. The van der Waals surface area contributed by atoms with E-state index in [0.717, 1.165) is 11.8 Å². The maximum Gasteiger partial charge on any atom is 0.328 e. The molecule has 0 fully saturated rings. The molecule has 152 valence electrons. The number of hydrogen-bond donors (Lipinski definition) is 3. The molecule has 0 aromatic heterocycles. The summed E-state index contributed by atoms with van der Waals surface area (Å²) in [5, 5.41) is 18.7. The van der Waals surface area contributed by atoms with Gasteiger partial charge in [-0.2, -0.15) is 0 Å². The van der Waals surface area contributed by atoms with E-state index in [-0.39, 0.29) is 16.0 Å². The van der Waals surface area contributed by atoms with Crippen LogP contribution in [0.2, 0.25) is 0 Å². The molecule has 7 nitrogen and oxygen atoms in total. The highest BCUT2D eigenvalue weighted by atomic mass is 32.2. The lowest BCUT2D eigenvalue weighted by atomic mass is 10.2. The number of carbonyl (C=O) groups excluding carboxylic acids is 3. The third-order valence-corrected chi connectivity index (χ3v) is 6.05. The summed E-state index contributed by atoms with van der Waals surface area (Å²) in [5.41, 5.74) is 0.835. The first-order valence-corrected chi connectivity index (χ1v) is 10.4. The molecule has 0 aliphatic rings. The van der Waals surface area contributed by atoms with Gasteiger partial charge in [-0.15, -0.1) is 0 Å². The Labute approximate surface area is 175 Å². The van der Waals surface area contributed by atoms with E-state index < -0.39 is 29.8 Å². The Hall–Kier alpha value is -2.62. The molecule has 0 saturated carbocycles. The van der Waals surface area contributed by atoms with E-state index in [9.17, 15) is 19.2 Å². The van der Waals surface area contributed by atoms with Crippen molar-refractivity contribution < 1.29 is 29.4 Å². The Kier molecular flexibility index (Phi) is 8.91. The van der Waals surface area contributed by atoms with Gasteiger partial charge in [-0.05, 0) is 0 Å². The average Bonchev–Trinajstić information content (AvgIpc) is 2.75. The molecule has 0 aliphatic heterocycles. The van der Waals surface area contributed by atoms with Crippen molar-refractivity contribution in [3.63, 3.8) is 0 Å². The second-order valence-electron chi connectivity index (χ2n) is 5.81. The van der Waals surface area contributed by atoms with Crippen LogP contribution in [0, 0.1) is 0 Å². The van der Waals surface area contributed by atoms with E-state index in [1.165, 1.54) is 0 Å². The van der Waals surface area contributed by atoms with Crippen LogP contribution in [0.1, 0.15) is 20.7 Å². The fraction of sp³-hybridized carbons (Fsp3) is 0.200. The summed E-state index contributed by atoms with van der Waals surface area (Å²) in [6, 6.07) is 15.3. The number of amides is 1. The van der Waals surface area contributed by atoms with E-state index in [1.807, 2.05) is 0 Å². The molecule has 29 heavy (non-hydrogen) atoms. The lowest BCUT2D eigenvalue weighted by Crippen LogP contribution is -2.47. The van der Waals surface area contributed by atoms with Gasteiger partial charge in [-0.25, -0.2) is 4.79 Å². The number of hydrogen-bond acceptors (Lipinski definition) is 7. The highest BCUT2D eigenvalue weighted by molar-refractivity contribution is 8.18. The van der Waals surface area contributed by atoms with Crippen molar-refractivity contribution in [2.24, 2.45) is 0 Å². The Balaban J connectivity index is 2.11. The van der Waals surface area contributed by atoms with Gasteiger partial charge in [0.1, 0.15) is 11.3 Å². The summed E-state index contributed by atoms with van der Waals surface area (Å²) in [7, 11) is 0. The highest BCUT2D eigenvalue weighted by Crippen LogP contribution is 2.24. The molecule has 0 aliphatic carbocycles. The SMILES string of the molecule is O=C(SCC(SC(=O)c1ccccc1)C(=O)NC(CO)C(=O)O)c1ccccc1. The summed E-state index contributed by atoms with van der Waals surface area (Å²) in [5.74, 6) is -2.18. The largest absolute Gasteiger partial charge is 0.480 e. The summed E-state index contributed by atoms with van der Waals surface area (Å²) in [6.07, 6.45) is 0. The highest BCUT2D eigenvalue weighted by Gasteiger charge is 2.28. The van der Waals surface area contributed by atoms with Gasteiger partial charge < -0.3 is 15.5 Å². The normalized spacial score (nSPS) is 12.6. The average molecular weight is 434 g/mol. The number of nitrogens with one attached hydrogen (secondary N) is 1. The van der Waals surface area contributed by atoms with E-state index in [2.05, 4.69) is 5.32 Å². The van der Waals surface area contributed by atoms with Gasteiger partial charge in [0.05, 0.1) is 6.61 Å². The van der Waals surface area contributed by atoms with Crippen LogP contribution in [-0.4, -0.2) is 56.0 Å². The molecule has 2 aromatic carbocycles. The quantitative estimate of drug-likeness (QED) is 0.550. The Morgan fingerprint density at radius 3 is 1.86 bits per heavy atom. The van der Waals surface area contributed by atoms with Crippen molar-refractivity contribution in [2.45, 2.75) is 11.3 Å². The minimum Gasteiger partial charge on any atom is -0.480 e. The topological polar surface area (TPSA) is 121 Å². The van der Waals surface area contributed by atoms with Crippen LogP contribution >= 0.6 is 23.5 Å². The maximum atomic E-state index is 12.5. The van der Waals surface area contributed by atoms with Gasteiger partial charge in [0.25, 0.3) is 0 Å². The molecule has 0 bridgehead atoms. The lowest BCUT2D eigenvalue weighted by Gasteiger charge is -2.18. The zero-order chi connectivity index (χ0) is 21.2. The van der Waals surface area contributed by atoms with Crippen LogP contribution in [0.4, 0.5) is 0 Å². The molecular weight excluding hydrogens is 414 g/mol. The molecule has 0 heterocycles. The minimum absolute atomic E-state index is 0.0411. The maximum absolute atomic E-state index is 12.5. The fourth-order valence-corrected chi connectivity index (χ4v) is 4.13. The van der Waals surface area contributed by atoms with E-state index in [4.69, 9.17) is 10.2 Å². The molecule has 2 unspecified atom stereocenters. The molecule has 2 rings (SSSR count). The van der Waals surface area contributed by atoms with Gasteiger partial charge in [0, 0.05) is 16.9 Å². The van der Waals surface area contributed by atoms with Crippen LogP contribution in [-0.2, 0) is 9.59 Å². The smallest absolute Gasteiger partial charge is 0.328 e. The third kappa shape index (κ3) is 7.04. The van der Waals surface area contributed by atoms with Crippen molar-refractivity contribution in [3.05, 3.63) is 71.8 Å². The van der Waals surface area contributed by atoms with E-state index >= 15 is 0 Å². The number of thioether (sulfide) groups is 2. The van der Waals surface area contributed by atoms with Gasteiger partial charge in [-0.3, -0.25) is 14.4 Å². The van der Waals surface area contributed by atoms with Crippen LogP contribution in [0.5, 0.6) is 0 Å². The molecular formula is C20H19NO6S2. The first kappa shape index (κ1) is 22.7. The van der Waals surface area contributed by atoms with Crippen LogP contribution in [0.3, 0.4) is 0 Å². The zero-order valence-electron chi connectivity index (χ0n) is 15.2. The summed E-state index contributed by atoms with van der Waals surface area (Å²) < 4.78 is 0. The lowest BCUT2D eigenvalue weighted by molar-refractivity contribution is -0.142. The molecule has 3 N–H and O–H groups in total. The van der Waals surface area contributed by atoms with E-state index in [0.29, 0.717) is 22.9 Å². The number of aliphatic carboxylic acids is 1. The predicted molar refractivity (Wildman–Crippen MR) is 112 cm³/mol. The zero-order valence-corrected chi connectivity index (χ0v) is 16.8. The van der Waals surface area contributed by atoms with Gasteiger partial charge in [0.2, 0.25) is 16.1 Å². The standard InChI is InChI=1S/C20H19NO6S2/c22-11-15(18(24)25)21-17(23)16(29-20(27)14-9-5-2-6-10-14)12-28-19(26)13-7-3-1-4-8-13/h1-10,15-16,22H,11-12H2,(H,21,23)(H,24,25). The van der Waals surface area contributed by atoms with Gasteiger partial charge in [0.15, 0.2) is 0 Å². The third-order valence-electron chi connectivity index (χ3n) is 3.72. The van der Waals surface area contributed by atoms with Gasteiger partial charge in [-0.1, -0.05) is 84.2 Å². The molecule has 2 aromatic rings. The number of carbonyl (C=O) groups is 4. The molecule has 9 heteroatoms. The Morgan fingerprint density at radius 1 is 0.862 bits per heavy atom.